The van der Waals surface area contributed by atoms with Crippen LogP contribution in [0.5, 0.6) is 11.8 Å². The first-order valence-corrected chi connectivity index (χ1v) is 29.3. The van der Waals surface area contributed by atoms with Crippen molar-refractivity contribution >= 4 is 57.0 Å². The molecule has 3 aromatic carbocycles. The predicted octanol–water partition coefficient (Wildman–Crippen LogP) is 8.41. The zero-order valence-corrected chi connectivity index (χ0v) is 46.9. The normalized spacial score (nSPS) is 22.5. The molecule has 12 rings (SSSR count). The molecular weight excluding hydrogens is 1050 g/mol. The number of nitrogens with zero attached hydrogens (tertiary/aromatic N) is 9. The summed E-state index contributed by atoms with van der Waals surface area (Å²) in [5.74, 6) is 1.44. The minimum absolute atomic E-state index is 0.00362. The Kier molecular flexibility index (Phi) is 15.2. The molecule has 0 radical (unpaired) electrons. The van der Waals surface area contributed by atoms with Crippen LogP contribution in [0.2, 0.25) is 0 Å². The quantitative estimate of drug-likeness (QED) is 0.0899. The molecule has 7 aliphatic heterocycles. The standard InChI is InChI=1S/C62H71F3N10O7/c1-5-43-48(63)10-6-39-29-42(76)30-45(52(39)43)55-54(65)56-46(31-66-55)57(73-33-40-7-8-41(34-73)75(40)61(80)82-62(2,3)4)69-60(68-56)81-27-26-70-20-14-36(15-21-70)28-37-16-22-71(23-17-37)32-38-18-24-72(25-19-38)49-11-9-44-47(53(49)64)35-74(59(44)79)50-12-13-51(77)67-58(50)78/h1,6,9-11,29-31,36-38,40-41,50,76H,7-8,12-28,32-35H2,2-4H3,(H,67,77,78). The van der Waals surface area contributed by atoms with Crippen molar-refractivity contribution < 1.29 is 46.9 Å². The number of amides is 4. The third kappa shape index (κ3) is 11.0. The number of phenolic OH excluding ortho intramolecular Hbond substituents is 1. The van der Waals surface area contributed by atoms with Crippen molar-refractivity contribution in [2.75, 3.05) is 81.9 Å². The summed E-state index contributed by atoms with van der Waals surface area (Å²) in [6.07, 6.45) is 16.6. The number of aromatic nitrogens is 3. The Morgan fingerprint density at radius 1 is 0.817 bits per heavy atom. The third-order valence-electron chi connectivity index (χ3n) is 18.3. The van der Waals surface area contributed by atoms with E-state index < -0.39 is 35.0 Å². The van der Waals surface area contributed by atoms with Crippen LogP contribution in [0.3, 0.4) is 0 Å². The van der Waals surface area contributed by atoms with Crippen LogP contribution in [0.1, 0.15) is 113 Å². The van der Waals surface area contributed by atoms with E-state index >= 15 is 13.2 Å². The van der Waals surface area contributed by atoms with Crippen molar-refractivity contribution in [1.82, 2.24) is 39.9 Å². The summed E-state index contributed by atoms with van der Waals surface area (Å²) in [5.41, 5.74) is 0.289. The molecule has 3 atom stereocenters. The van der Waals surface area contributed by atoms with Gasteiger partial charge in [0, 0.05) is 74.0 Å². The van der Waals surface area contributed by atoms with Crippen LogP contribution < -0.4 is 19.9 Å². The summed E-state index contributed by atoms with van der Waals surface area (Å²) in [6.45, 7) is 13.9. The third-order valence-corrected chi connectivity index (χ3v) is 18.3. The molecule has 2 bridgehead atoms. The van der Waals surface area contributed by atoms with Gasteiger partial charge in [0.1, 0.15) is 46.8 Å². The molecule has 7 aliphatic rings. The van der Waals surface area contributed by atoms with Crippen molar-refractivity contribution in [3.05, 3.63) is 76.7 Å². The van der Waals surface area contributed by atoms with E-state index in [2.05, 4.69) is 35.9 Å². The Labute approximate surface area is 475 Å². The second kappa shape index (κ2) is 22.5. The number of aromatic hydroxyl groups is 1. The SMILES string of the molecule is C#Cc1c(F)ccc2cc(O)cc(-c3ncc4c(N5CC6CCC(C5)N6C(=O)OC(C)(C)C)nc(OCCN5CCC(CC6CCN(CC7CCN(c8ccc9c(c8F)CN(C8CCC(=O)NC8=O)C9=O)CC7)CC6)CC5)nc4c3F)c12. The number of hydrogen-bond donors (Lipinski definition) is 2. The molecule has 20 heteroatoms. The molecule has 5 aromatic rings. The second-order valence-electron chi connectivity index (χ2n) is 24.7. The lowest BCUT2D eigenvalue weighted by Crippen LogP contribution is -2.57. The number of piperidine rings is 4. The fourth-order valence-corrected chi connectivity index (χ4v) is 14.1. The number of fused-ring (bicyclic) bond motifs is 5. The molecule has 0 spiro atoms. The molecular formula is C62H71F3N10O7. The van der Waals surface area contributed by atoms with Crippen molar-refractivity contribution in [3.8, 4) is 35.4 Å². The highest BCUT2D eigenvalue weighted by atomic mass is 19.1. The van der Waals surface area contributed by atoms with Crippen LogP contribution >= 0.6 is 0 Å². The number of halogens is 3. The molecule has 432 valence electrons. The van der Waals surface area contributed by atoms with Gasteiger partial charge in [-0.25, -0.2) is 18.0 Å². The summed E-state index contributed by atoms with van der Waals surface area (Å²) in [7, 11) is 0. The summed E-state index contributed by atoms with van der Waals surface area (Å²) in [6, 6.07) is 7.75. The first-order chi connectivity index (χ1) is 39.5. The number of carbonyl (C=O) groups is 4. The zero-order chi connectivity index (χ0) is 57.1. The maximum absolute atomic E-state index is 17.3. The number of likely N-dealkylation sites (tertiary alicyclic amines) is 2. The van der Waals surface area contributed by atoms with Gasteiger partial charge >= 0.3 is 12.1 Å². The molecule has 3 unspecified atom stereocenters. The minimum Gasteiger partial charge on any atom is -0.508 e. The van der Waals surface area contributed by atoms with Crippen LogP contribution in [0.15, 0.2) is 42.6 Å². The van der Waals surface area contributed by atoms with E-state index in [0.717, 1.165) is 84.3 Å². The van der Waals surface area contributed by atoms with Gasteiger partial charge in [0.15, 0.2) is 11.6 Å². The van der Waals surface area contributed by atoms with Gasteiger partial charge in [-0.2, -0.15) is 9.97 Å². The number of nitrogens with one attached hydrogen (secondary N) is 1. The van der Waals surface area contributed by atoms with E-state index in [9.17, 15) is 24.3 Å². The zero-order valence-electron chi connectivity index (χ0n) is 46.9. The molecule has 17 nitrogen and oxygen atoms in total. The number of ether oxygens (including phenoxy) is 2. The summed E-state index contributed by atoms with van der Waals surface area (Å²) in [5, 5.41) is 14.1. The van der Waals surface area contributed by atoms with Crippen LogP contribution in [-0.2, 0) is 20.9 Å². The summed E-state index contributed by atoms with van der Waals surface area (Å²) >= 11 is 0. The molecule has 82 heavy (non-hydrogen) atoms. The highest BCUT2D eigenvalue weighted by Crippen LogP contribution is 2.42. The lowest BCUT2D eigenvalue weighted by Gasteiger charge is -2.42. The van der Waals surface area contributed by atoms with Gasteiger partial charge in [0.05, 0.1) is 35.3 Å². The second-order valence-corrected chi connectivity index (χ2v) is 24.7. The van der Waals surface area contributed by atoms with Gasteiger partial charge in [-0.15, -0.1) is 6.42 Å². The highest BCUT2D eigenvalue weighted by Gasteiger charge is 2.46. The van der Waals surface area contributed by atoms with Gasteiger partial charge in [0.25, 0.3) is 5.91 Å². The Balaban J connectivity index is 0.641. The Bertz CT molecular complexity index is 3370. The number of pyridine rings is 1. The molecule has 2 aromatic heterocycles. The average Bonchev–Trinajstić information content (AvgIpc) is 2.93. The summed E-state index contributed by atoms with van der Waals surface area (Å²) < 4.78 is 60.7. The molecule has 6 fully saturated rings. The minimum atomic E-state index is -0.804. The maximum atomic E-state index is 17.3. The molecule has 4 amide bonds. The monoisotopic (exact) mass is 1120 g/mol. The van der Waals surface area contributed by atoms with E-state index in [4.69, 9.17) is 20.9 Å². The lowest BCUT2D eigenvalue weighted by atomic mass is 9.82. The number of carbonyl (C=O) groups excluding carboxylic acids is 4. The molecule has 0 saturated carbocycles. The maximum Gasteiger partial charge on any atom is 0.410 e. The number of terminal acetylenes is 1. The predicted molar refractivity (Wildman–Crippen MR) is 303 cm³/mol. The van der Waals surface area contributed by atoms with Crippen LogP contribution in [0.4, 0.5) is 29.5 Å². The first kappa shape index (κ1) is 55.3. The molecule has 2 N–H and O–H groups in total. The van der Waals surface area contributed by atoms with Crippen molar-refractivity contribution in [1.29, 1.82) is 0 Å². The van der Waals surface area contributed by atoms with E-state index in [1.807, 2.05) is 30.6 Å². The van der Waals surface area contributed by atoms with Crippen molar-refractivity contribution in [2.45, 2.75) is 122 Å². The number of hydrogen-bond acceptors (Lipinski definition) is 14. The number of rotatable bonds is 12. The van der Waals surface area contributed by atoms with Gasteiger partial charge in [-0.1, -0.05) is 12.0 Å². The molecule has 6 saturated heterocycles. The van der Waals surface area contributed by atoms with E-state index in [1.54, 1.807) is 12.1 Å². The fourth-order valence-electron chi connectivity index (χ4n) is 14.1. The first-order valence-electron chi connectivity index (χ1n) is 29.3. The smallest absolute Gasteiger partial charge is 0.410 e. The van der Waals surface area contributed by atoms with Gasteiger partial charge in [-0.05, 0) is 165 Å². The van der Waals surface area contributed by atoms with Crippen molar-refractivity contribution in [2.24, 2.45) is 17.8 Å². The van der Waals surface area contributed by atoms with E-state index in [1.165, 1.54) is 54.6 Å². The lowest BCUT2D eigenvalue weighted by molar-refractivity contribution is -0.136. The number of phenols is 1. The van der Waals surface area contributed by atoms with Gasteiger partial charge in [-0.3, -0.25) is 34.5 Å². The topological polar surface area (TPSA) is 177 Å². The van der Waals surface area contributed by atoms with Crippen LogP contribution in [0, 0.1) is 47.5 Å². The number of imide groups is 1. The van der Waals surface area contributed by atoms with E-state index in [0.29, 0.717) is 70.8 Å². The Morgan fingerprint density at radius 3 is 2.20 bits per heavy atom. The fraction of sp³-hybridized carbons (Fsp3) is 0.532. The summed E-state index contributed by atoms with van der Waals surface area (Å²) in [4.78, 5) is 77.4. The van der Waals surface area contributed by atoms with E-state index in [-0.39, 0.29) is 95.5 Å². The van der Waals surface area contributed by atoms with Gasteiger partial charge < -0.3 is 34.2 Å². The highest BCUT2D eigenvalue weighted by molar-refractivity contribution is 6.06. The van der Waals surface area contributed by atoms with Gasteiger partial charge in [0.2, 0.25) is 11.8 Å². The average molecular weight is 1130 g/mol. The Morgan fingerprint density at radius 2 is 1.51 bits per heavy atom. The van der Waals surface area contributed by atoms with Crippen LogP contribution in [0.25, 0.3) is 32.9 Å². The van der Waals surface area contributed by atoms with Crippen molar-refractivity contribution in [3.63, 3.8) is 0 Å². The Hall–Kier alpha value is -7.24. The molecule has 9 heterocycles. The number of piperazine rings is 1. The molecule has 0 aliphatic carbocycles. The largest absolute Gasteiger partial charge is 0.508 e. The van der Waals surface area contributed by atoms with Crippen LogP contribution in [-0.4, -0.2) is 159 Å². The number of benzene rings is 3. The number of anilines is 2.